The molecular formula is C27H21ClF7N5O2. The first-order valence-corrected chi connectivity index (χ1v) is 12.7. The van der Waals surface area contributed by atoms with Crippen molar-refractivity contribution in [1.29, 1.82) is 0 Å². The third-order valence-electron chi connectivity index (χ3n) is 6.23. The van der Waals surface area contributed by atoms with Crippen molar-refractivity contribution in [3.8, 4) is 0 Å². The van der Waals surface area contributed by atoms with Gasteiger partial charge in [-0.15, -0.1) is 0 Å². The van der Waals surface area contributed by atoms with Gasteiger partial charge in [-0.25, -0.2) is 22.5 Å². The van der Waals surface area contributed by atoms with Crippen molar-refractivity contribution in [3.63, 3.8) is 0 Å². The highest BCUT2D eigenvalue weighted by Gasteiger charge is 2.38. The van der Waals surface area contributed by atoms with Gasteiger partial charge in [-0.05, 0) is 42.5 Å². The highest BCUT2D eigenvalue weighted by molar-refractivity contribution is 6.31. The van der Waals surface area contributed by atoms with Crippen LogP contribution in [-0.4, -0.2) is 27.8 Å². The van der Waals surface area contributed by atoms with Crippen LogP contribution < -0.4 is 16.4 Å². The molecule has 2 heterocycles. The Balaban J connectivity index is 0.00000198. The minimum atomic E-state index is -4.97. The zero-order valence-corrected chi connectivity index (χ0v) is 22.5. The third-order valence-corrected chi connectivity index (χ3v) is 6.57. The monoisotopic (exact) mass is 615 g/mol. The molecule has 0 radical (unpaired) electrons. The van der Waals surface area contributed by atoms with Crippen LogP contribution in [0.15, 0.2) is 42.5 Å². The highest BCUT2D eigenvalue weighted by Crippen LogP contribution is 2.43. The third kappa shape index (κ3) is 5.71. The van der Waals surface area contributed by atoms with Gasteiger partial charge in [-0.2, -0.15) is 13.2 Å². The zero-order valence-electron chi connectivity index (χ0n) is 21.7. The summed E-state index contributed by atoms with van der Waals surface area (Å²) >= 11 is 6.25. The zero-order chi connectivity index (χ0) is 31.1. The Hall–Kier alpha value is -4.33. The lowest BCUT2D eigenvalue weighted by Gasteiger charge is -2.19. The molecule has 5 rings (SSSR count). The summed E-state index contributed by atoms with van der Waals surface area (Å²) in [6.45, 7) is 3.06. The van der Waals surface area contributed by atoms with Gasteiger partial charge in [0.25, 0.3) is 18.2 Å². The van der Waals surface area contributed by atoms with Crippen molar-refractivity contribution in [2.75, 3.05) is 11.1 Å². The van der Waals surface area contributed by atoms with E-state index >= 15 is 0 Å². The van der Waals surface area contributed by atoms with Gasteiger partial charge in [0.05, 0.1) is 29.2 Å². The van der Waals surface area contributed by atoms with Gasteiger partial charge in [-0.1, -0.05) is 25.4 Å². The molecule has 4 N–H and O–H groups in total. The Bertz CT molecular complexity index is 1700. The summed E-state index contributed by atoms with van der Waals surface area (Å²) in [5, 5.41) is 4.91. The highest BCUT2D eigenvalue weighted by atomic mass is 35.5. The number of nitrogens with zero attached hydrogens (tertiary/aromatic N) is 2. The Morgan fingerprint density at radius 1 is 1.12 bits per heavy atom. The number of carbonyl (C=O) groups excluding carboxylic acids is 2. The molecule has 1 aliphatic rings. The molecule has 0 saturated heterocycles. The summed E-state index contributed by atoms with van der Waals surface area (Å²) in [5.41, 5.74) is 3.00. The van der Waals surface area contributed by atoms with E-state index in [9.17, 15) is 40.3 Å². The number of hydrogen-bond acceptors (Lipinski definition) is 4. The number of anilines is 2. The molecule has 1 aliphatic heterocycles. The molecule has 0 spiro atoms. The van der Waals surface area contributed by atoms with Crippen molar-refractivity contribution < 1.29 is 40.3 Å². The van der Waals surface area contributed by atoms with Gasteiger partial charge < -0.3 is 20.9 Å². The summed E-state index contributed by atoms with van der Waals surface area (Å²) in [6, 6.07) is 4.42. The number of alkyl halides is 5. The van der Waals surface area contributed by atoms with Gasteiger partial charge >= 0.3 is 6.18 Å². The number of amides is 2. The van der Waals surface area contributed by atoms with Crippen molar-refractivity contribution in [2.24, 2.45) is 0 Å². The quantitative estimate of drug-likeness (QED) is 0.212. The molecule has 15 heteroatoms. The van der Waals surface area contributed by atoms with Gasteiger partial charge in [0.1, 0.15) is 17.2 Å². The molecule has 3 aromatic carbocycles. The molecule has 0 bridgehead atoms. The maximum Gasteiger partial charge on any atom is 0.416 e. The van der Waals surface area contributed by atoms with Crippen LogP contribution in [0.2, 0.25) is 5.02 Å². The molecule has 222 valence electrons. The van der Waals surface area contributed by atoms with Gasteiger partial charge in [0.15, 0.2) is 0 Å². The second-order valence-electron chi connectivity index (χ2n) is 8.81. The van der Waals surface area contributed by atoms with Crippen molar-refractivity contribution in [3.05, 3.63) is 86.9 Å². The molecule has 4 aromatic rings. The van der Waals surface area contributed by atoms with E-state index in [1.165, 1.54) is 6.07 Å². The van der Waals surface area contributed by atoms with Crippen LogP contribution in [-0.2, 0) is 12.7 Å². The van der Waals surface area contributed by atoms with Crippen molar-refractivity contribution in [1.82, 2.24) is 14.9 Å². The molecule has 0 fully saturated rings. The number of imidazole rings is 1. The number of hydrogen-bond donors (Lipinski definition) is 3. The van der Waals surface area contributed by atoms with Crippen LogP contribution in [0.1, 0.15) is 57.3 Å². The first-order valence-electron chi connectivity index (χ1n) is 12.3. The fraction of sp³-hybridized carbons (Fsp3) is 0.222. The molecule has 7 nitrogen and oxygen atoms in total. The molecule has 42 heavy (non-hydrogen) atoms. The molecule has 0 saturated carbocycles. The lowest BCUT2D eigenvalue weighted by atomic mass is 9.95. The van der Waals surface area contributed by atoms with E-state index in [-0.39, 0.29) is 50.4 Å². The fourth-order valence-electron chi connectivity index (χ4n) is 4.58. The number of carbonyl (C=O) groups is 2. The normalized spacial score (nSPS) is 14.5. The number of fused-ring (bicyclic) bond motifs is 3. The van der Waals surface area contributed by atoms with Gasteiger partial charge in [-0.3, -0.25) is 9.59 Å². The Labute approximate surface area is 238 Å². The Morgan fingerprint density at radius 2 is 1.81 bits per heavy atom. The predicted molar refractivity (Wildman–Crippen MR) is 142 cm³/mol. The number of rotatable bonds is 5. The first-order chi connectivity index (χ1) is 19.7. The minimum absolute atomic E-state index is 0.0135. The van der Waals surface area contributed by atoms with Crippen LogP contribution in [0.3, 0.4) is 0 Å². The van der Waals surface area contributed by atoms with Crippen LogP contribution in [0, 0.1) is 11.6 Å². The van der Waals surface area contributed by atoms with Crippen molar-refractivity contribution >= 4 is 46.1 Å². The molecule has 1 atom stereocenters. The fourth-order valence-corrected chi connectivity index (χ4v) is 4.80. The summed E-state index contributed by atoms with van der Waals surface area (Å²) < 4.78 is 95.3. The Kier molecular flexibility index (Phi) is 8.39. The second-order valence-corrected chi connectivity index (χ2v) is 9.21. The smallest absolute Gasteiger partial charge is 0.369 e. The van der Waals surface area contributed by atoms with E-state index in [0.29, 0.717) is 12.1 Å². The summed E-state index contributed by atoms with van der Waals surface area (Å²) in [5.74, 6) is -4.47. The van der Waals surface area contributed by atoms with Crippen molar-refractivity contribution in [2.45, 2.75) is 39.0 Å². The van der Waals surface area contributed by atoms with Gasteiger partial charge in [0.2, 0.25) is 5.95 Å². The lowest BCUT2D eigenvalue weighted by Crippen LogP contribution is -2.21. The molecule has 0 aliphatic carbocycles. The summed E-state index contributed by atoms with van der Waals surface area (Å²) in [4.78, 5) is 30.3. The molecule has 2 amide bonds. The summed E-state index contributed by atoms with van der Waals surface area (Å²) in [7, 11) is 0. The number of benzene rings is 3. The molecule has 1 aromatic heterocycles. The average molecular weight is 616 g/mol. The van der Waals surface area contributed by atoms with Gasteiger partial charge in [0, 0.05) is 27.4 Å². The van der Waals surface area contributed by atoms with Crippen LogP contribution in [0.5, 0.6) is 0 Å². The molecule has 1 unspecified atom stereocenters. The maximum atomic E-state index is 14.1. The first kappa shape index (κ1) is 30.6. The number of aromatic nitrogens is 2. The van der Waals surface area contributed by atoms with E-state index in [4.69, 9.17) is 17.3 Å². The average Bonchev–Trinajstić information content (AvgIpc) is 3.42. The second kappa shape index (κ2) is 11.5. The standard InChI is InChI=1S/C25H15ClF7N5O2.C2H6/c26-14-2-1-11(27)6-13(14)20-18-15(35-22(39)9-3-10(25(31,32)33)5-12(28)4-9)7-16-21(19(18)23(40)36-20)37-24(34)38(16)8-17(29)30;1-2/h1-7,17,20H,8H2,(H2,34,37)(H,35,39)(H,36,40);1-2H3. The maximum absolute atomic E-state index is 14.1. The minimum Gasteiger partial charge on any atom is -0.369 e. The number of halogens is 8. The number of nitrogens with two attached hydrogens (primary N) is 1. The van der Waals surface area contributed by atoms with Crippen LogP contribution in [0.4, 0.5) is 42.4 Å². The van der Waals surface area contributed by atoms with E-state index in [1.807, 2.05) is 13.8 Å². The van der Waals surface area contributed by atoms with Crippen LogP contribution in [0.25, 0.3) is 11.0 Å². The van der Waals surface area contributed by atoms with E-state index in [2.05, 4.69) is 15.6 Å². The number of nitrogen functional groups attached to an aromatic ring is 1. The Morgan fingerprint density at radius 3 is 2.45 bits per heavy atom. The number of nitrogens with one attached hydrogen (secondary N) is 2. The topological polar surface area (TPSA) is 102 Å². The predicted octanol–water partition coefficient (Wildman–Crippen LogP) is 6.95. The van der Waals surface area contributed by atoms with E-state index < -0.39 is 59.8 Å². The SMILES string of the molecule is CC.Nc1nc2c3c(c(NC(=O)c4cc(F)cc(C(F)(F)F)c4)cc2n1CC(F)F)C(c1cc(F)ccc1Cl)NC3=O. The summed E-state index contributed by atoms with van der Waals surface area (Å²) in [6.07, 6.45) is -7.86. The largest absolute Gasteiger partial charge is 0.416 e. The van der Waals surface area contributed by atoms with E-state index in [1.54, 1.807) is 0 Å². The molecular weight excluding hydrogens is 595 g/mol. The van der Waals surface area contributed by atoms with Crippen LogP contribution >= 0.6 is 11.6 Å². The van der Waals surface area contributed by atoms with E-state index in [0.717, 1.165) is 22.8 Å². The lowest BCUT2D eigenvalue weighted by molar-refractivity contribution is -0.137.